The maximum absolute atomic E-state index is 13.3. The molecule has 2 fully saturated rings. The zero-order valence-electron chi connectivity index (χ0n) is 26.9. The second-order valence-electron chi connectivity index (χ2n) is 10.7. The number of rotatable bonds is 11. The van der Waals surface area contributed by atoms with Gasteiger partial charge in [-0.25, -0.2) is 9.00 Å². The topological polar surface area (TPSA) is 191 Å². The molecule has 1 heterocycles. The molecule has 1 aliphatic carbocycles. The van der Waals surface area contributed by atoms with Gasteiger partial charge in [0.05, 0.1) is 11.8 Å². The van der Waals surface area contributed by atoms with Gasteiger partial charge in [0, 0.05) is 17.6 Å². The van der Waals surface area contributed by atoms with E-state index in [0.717, 1.165) is 38.6 Å². The molecule has 1 saturated carbocycles. The molecule has 13 heteroatoms. The van der Waals surface area contributed by atoms with Gasteiger partial charge < -0.3 is 35.7 Å². The van der Waals surface area contributed by atoms with Gasteiger partial charge in [-0.2, -0.15) is 0 Å². The third-order valence-electron chi connectivity index (χ3n) is 5.60. The SMILES string of the molecule is C/C=C\CCCCC[C@H](NC(=O)OC(C)(C)C)C(=O)N1C[C@H](OC(C)=O)C[C@H]1C(N)=O.CC.CCN.O=S(O)C1CC1.[HH].[HH].[HH]. The Bertz CT molecular complexity index is 875. The highest BCUT2D eigenvalue weighted by atomic mass is 32.2. The first-order chi connectivity index (χ1) is 19.7. The number of hydrogen-bond donors (Lipinski definition) is 4. The van der Waals surface area contributed by atoms with Crippen LogP contribution < -0.4 is 16.8 Å². The number of nitrogens with one attached hydrogen (secondary N) is 1. The Balaban J connectivity index is -0.000000325. The number of likely N-dealkylation sites (tertiary alicyclic amines) is 1. The Hall–Kier alpha value is -2.51. The van der Waals surface area contributed by atoms with Crippen molar-refractivity contribution in [3.8, 4) is 0 Å². The lowest BCUT2D eigenvalue weighted by Crippen LogP contribution is -2.53. The van der Waals surface area contributed by atoms with Crippen LogP contribution in [0, 0.1) is 0 Å². The third kappa shape index (κ3) is 20.4. The van der Waals surface area contributed by atoms with Crippen LogP contribution in [0.15, 0.2) is 12.2 Å². The average Bonchev–Trinajstić information content (AvgIpc) is 3.66. The summed E-state index contributed by atoms with van der Waals surface area (Å²) >= 11 is -1.51. The van der Waals surface area contributed by atoms with E-state index in [1.54, 1.807) is 20.8 Å². The Morgan fingerprint density at radius 1 is 1.17 bits per heavy atom. The molecule has 1 aliphatic heterocycles. The van der Waals surface area contributed by atoms with Crippen LogP contribution >= 0.6 is 0 Å². The van der Waals surface area contributed by atoms with Crippen LogP contribution in [-0.2, 0) is 34.9 Å². The Labute approximate surface area is 259 Å². The maximum atomic E-state index is 13.3. The van der Waals surface area contributed by atoms with E-state index in [1.165, 1.54) is 11.8 Å². The van der Waals surface area contributed by atoms with Crippen molar-refractivity contribution in [2.45, 2.75) is 136 Å². The van der Waals surface area contributed by atoms with E-state index in [9.17, 15) is 23.4 Å². The van der Waals surface area contributed by atoms with Gasteiger partial charge in [0.15, 0.2) is 11.1 Å². The smallest absolute Gasteiger partial charge is 0.408 e. The van der Waals surface area contributed by atoms with Crippen molar-refractivity contribution in [2.24, 2.45) is 11.5 Å². The highest BCUT2D eigenvalue weighted by molar-refractivity contribution is 7.80. The van der Waals surface area contributed by atoms with Crippen LogP contribution in [0.3, 0.4) is 0 Å². The lowest BCUT2D eigenvalue weighted by atomic mass is 10.1. The Morgan fingerprint density at radius 2 is 1.74 bits per heavy atom. The molecular formula is C29H62N4O8S. The normalized spacial score (nSPS) is 19.0. The van der Waals surface area contributed by atoms with Crippen molar-refractivity contribution in [1.82, 2.24) is 10.2 Å². The van der Waals surface area contributed by atoms with Gasteiger partial charge in [0.25, 0.3) is 0 Å². The molecule has 6 N–H and O–H groups in total. The summed E-state index contributed by atoms with van der Waals surface area (Å²) in [6.45, 7) is 15.1. The van der Waals surface area contributed by atoms with E-state index >= 15 is 0 Å². The van der Waals surface area contributed by atoms with Crippen molar-refractivity contribution in [2.75, 3.05) is 13.1 Å². The molecule has 3 amide bonds. The summed E-state index contributed by atoms with van der Waals surface area (Å²) in [4.78, 5) is 50.1. The molecule has 0 aromatic rings. The first-order valence-electron chi connectivity index (χ1n) is 14.8. The summed E-state index contributed by atoms with van der Waals surface area (Å²) in [5.41, 5.74) is 9.61. The molecule has 1 unspecified atom stereocenters. The molecule has 4 atom stereocenters. The van der Waals surface area contributed by atoms with E-state index in [-0.39, 0.29) is 22.5 Å². The summed E-state index contributed by atoms with van der Waals surface area (Å²) in [5, 5.41) is 2.77. The second-order valence-corrected chi connectivity index (χ2v) is 11.9. The number of nitrogens with zero attached hydrogens (tertiary/aromatic N) is 1. The first-order valence-corrected chi connectivity index (χ1v) is 16.0. The number of nitrogens with two attached hydrogens (primary N) is 2. The number of carbonyl (C=O) groups excluding carboxylic acids is 4. The zero-order chi connectivity index (χ0) is 32.9. The monoisotopic (exact) mass is 626 g/mol. The first kappa shape index (κ1) is 41.6. The predicted octanol–water partition coefficient (Wildman–Crippen LogP) is 4.52. The molecule has 42 heavy (non-hydrogen) atoms. The van der Waals surface area contributed by atoms with Crippen LogP contribution in [0.2, 0.25) is 0 Å². The van der Waals surface area contributed by atoms with Crippen molar-refractivity contribution >= 4 is 35.0 Å². The summed E-state index contributed by atoms with van der Waals surface area (Å²) in [6.07, 6.45) is 8.72. The predicted molar refractivity (Wildman–Crippen MR) is 172 cm³/mol. The van der Waals surface area contributed by atoms with Crippen LogP contribution in [-0.4, -0.2) is 79.7 Å². The minimum Gasteiger partial charge on any atom is -0.461 e. The molecule has 1 saturated heterocycles. The van der Waals surface area contributed by atoms with Gasteiger partial charge in [0.1, 0.15) is 23.8 Å². The number of primary amides is 1. The van der Waals surface area contributed by atoms with Gasteiger partial charge in [0.2, 0.25) is 11.8 Å². The quantitative estimate of drug-likeness (QED) is 0.110. The Morgan fingerprint density at radius 3 is 2.14 bits per heavy atom. The van der Waals surface area contributed by atoms with Crippen molar-refractivity contribution in [1.29, 1.82) is 0 Å². The Kier molecular flexibility index (Phi) is 22.8. The molecule has 0 bridgehead atoms. The molecule has 12 nitrogen and oxygen atoms in total. The third-order valence-corrected chi connectivity index (χ3v) is 6.65. The summed E-state index contributed by atoms with van der Waals surface area (Å²) in [7, 11) is 0. The number of ether oxygens (including phenoxy) is 2. The van der Waals surface area contributed by atoms with Crippen LogP contribution in [0.5, 0.6) is 0 Å². The zero-order valence-corrected chi connectivity index (χ0v) is 27.7. The highest BCUT2D eigenvalue weighted by Crippen LogP contribution is 2.24. The number of alkyl carbamates (subject to hydrolysis) is 1. The van der Waals surface area contributed by atoms with Gasteiger partial charge in [-0.15, -0.1) is 0 Å². The number of hydrogen-bond acceptors (Lipinski definition) is 8. The summed E-state index contributed by atoms with van der Waals surface area (Å²) in [6, 6.07) is -1.76. The maximum Gasteiger partial charge on any atom is 0.408 e. The fourth-order valence-corrected chi connectivity index (χ4v) is 4.30. The van der Waals surface area contributed by atoms with E-state index in [0.29, 0.717) is 12.8 Å². The van der Waals surface area contributed by atoms with Crippen molar-refractivity contribution < 1.29 is 41.7 Å². The summed E-state index contributed by atoms with van der Waals surface area (Å²) < 4.78 is 28.5. The number of allylic oxidation sites excluding steroid dienone is 2. The lowest BCUT2D eigenvalue weighted by molar-refractivity contribution is -0.146. The van der Waals surface area contributed by atoms with Crippen LogP contribution in [0.4, 0.5) is 4.79 Å². The molecule has 2 rings (SSSR count). The fourth-order valence-electron chi connectivity index (χ4n) is 3.76. The van der Waals surface area contributed by atoms with Crippen molar-refractivity contribution in [3.63, 3.8) is 0 Å². The minimum atomic E-state index is -1.51. The van der Waals surface area contributed by atoms with Gasteiger partial charge >= 0.3 is 12.1 Å². The second kappa shape index (κ2) is 23.0. The van der Waals surface area contributed by atoms with Gasteiger partial charge in [-0.1, -0.05) is 45.8 Å². The molecular weight excluding hydrogens is 564 g/mol. The number of carbonyl (C=O) groups is 4. The molecule has 2 aliphatic rings. The number of unbranched alkanes of at least 4 members (excludes halogenated alkanes) is 3. The highest BCUT2D eigenvalue weighted by Gasteiger charge is 2.42. The largest absolute Gasteiger partial charge is 0.461 e. The van der Waals surface area contributed by atoms with E-state index in [1.807, 2.05) is 33.8 Å². The number of esters is 1. The minimum absolute atomic E-state index is 0. The lowest BCUT2D eigenvalue weighted by Gasteiger charge is -2.28. The van der Waals surface area contributed by atoms with E-state index in [4.69, 9.17) is 25.5 Å². The van der Waals surface area contributed by atoms with Crippen LogP contribution in [0.25, 0.3) is 0 Å². The van der Waals surface area contributed by atoms with Gasteiger partial charge in [-0.05, 0) is 66.3 Å². The summed E-state index contributed by atoms with van der Waals surface area (Å²) in [5.74, 6) is -1.60. The van der Waals surface area contributed by atoms with E-state index < -0.39 is 58.7 Å². The van der Waals surface area contributed by atoms with Crippen LogP contribution in [0.1, 0.15) is 111 Å². The molecule has 252 valence electrons. The molecule has 0 radical (unpaired) electrons. The average molecular weight is 627 g/mol. The molecule has 0 aromatic carbocycles. The molecule has 0 spiro atoms. The van der Waals surface area contributed by atoms with Gasteiger partial charge in [-0.3, -0.25) is 14.4 Å². The number of amides is 3. The van der Waals surface area contributed by atoms with E-state index in [2.05, 4.69) is 11.4 Å². The standard InChI is InChI=1S/C22H37N3O6.C3H6O2S.C2H7N.C2H6.3H2/c1-6-7-8-9-10-11-12-17(24-21(29)31-22(3,4)5)20(28)25-14-16(30-15(2)26)13-18(25)19(23)27;4-6(5)3-1-2-3;1-2-3;1-2;;;/h6-7,16-18H,8-14H2,1-5H3,(H2,23,27)(H,24,29);3H,1-2H2,(H,4,5);2-3H2,1H3;1-2H3;3*1H/b7-6-;;;;;;/t16-,17+,18+;;;;;;/m1....../s1. The fraction of sp³-hybridized carbons (Fsp3) is 0.793. The van der Waals surface area contributed by atoms with Crippen molar-refractivity contribution in [3.05, 3.63) is 12.2 Å². The molecule has 0 aromatic heterocycles.